The number of nitrogens with zero attached hydrogens (tertiary/aromatic N) is 4. The molecule has 7 nitrogen and oxygen atoms in total. The van der Waals surface area contributed by atoms with Gasteiger partial charge in [0, 0.05) is 25.3 Å². The van der Waals surface area contributed by atoms with E-state index in [9.17, 15) is 26.4 Å². The van der Waals surface area contributed by atoms with E-state index in [-0.39, 0.29) is 37.3 Å². The lowest BCUT2D eigenvalue weighted by Gasteiger charge is -2.32. The summed E-state index contributed by atoms with van der Waals surface area (Å²) in [4.78, 5) is 18.7. The third-order valence-corrected chi connectivity index (χ3v) is 7.35. The Morgan fingerprint density at radius 3 is 2.53 bits per heavy atom. The van der Waals surface area contributed by atoms with E-state index >= 15 is 0 Å². The number of rotatable bonds is 5. The minimum absolute atomic E-state index is 0. The number of hydrogen-bond acceptors (Lipinski definition) is 4. The maximum atomic E-state index is 12.7. The number of amides is 1. The molecule has 2 aromatic heterocycles. The molecule has 2 aliphatic rings. The lowest BCUT2D eigenvalue weighted by Crippen LogP contribution is -2.45. The number of piperidine rings is 1. The molecule has 2 aliphatic heterocycles. The van der Waals surface area contributed by atoms with Gasteiger partial charge in [-0.1, -0.05) is 6.07 Å². The van der Waals surface area contributed by atoms with Crippen LogP contribution in [-0.2, 0) is 16.6 Å². The molecular weight excluding hydrogens is 445 g/mol. The van der Waals surface area contributed by atoms with Gasteiger partial charge in [-0.3, -0.25) is 9.20 Å². The first-order chi connectivity index (χ1) is 13.7. The summed E-state index contributed by atoms with van der Waals surface area (Å²) in [5, 5.41) is 0. The van der Waals surface area contributed by atoms with E-state index in [1.165, 1.54) is 0 Å². The van der Waals surface area contributed by atoms with Crippen molar-refractivity contribution in [2.45, 2.75) is 37.7 Å². The molecule has 12 heteroatoms. The fraction of sp³-hybridized carbons (Fsp3) is 0.556. The molecule has 0 unspecified atom stereocenters. The molecule has 0 aliphatic carbocycles. The second-order valence-corrected chi connectivity index (χ2v) is 9.45. The number of hydrogen-bond donors (Lipinski definition) is 0. The molecule has 0 radical (unpaired) electrons. The molecule has 0 atom stereocenters. The molecule has 0 spiro atoms. The van der Waals surface area contributed by atoms with E-state index in [0.29, 0.717) is 42.4 Å². The van der Waals surface area contributed by atoms with Crippen molar-refractivity contribution in [2.24, 2.45) is 5.92 Å². The highest BCUT2D eigenvalue weighted by atomic mass is 35.5. The van der Waals surface area contributed by atoms with Crippen molar-refractivity contribution < 1.29 is 26.4 Å². The van der Waals surface area contributed by atoms with Crippen molar-refractivity contribution in [3.05, 3.63) is 35.8 Å². The van der Waals surface area contributed by atoms with Crippen molar-refractivity contribution in [1.82, 2.24) is 18.6 Å². The summed E-state index contributed by atoms with van der Waals surface area (Å²) in [5.41, 5.74) is -2.98. The SMILES string of the molecule is Cl.O=C1c2cnc3cccc(n23)CN1CCCC1CCN(S(=O)(=O)C(F)(F)F)CC1. The van der Waals surface area contributed by atoms with Crippen LogP contribution in [0.25, 0.3) is 5.65 Å². The molecule has 0 aromatic carbocycles. The molecule has 0 N–H and O–H groups in total. The van der Waals surface area contributed by atoms with Gasteiger partial charge in [0.15, 0.2) is 0 Å². The monoisotopic (exact) mass is 466 g/mol. The van der Waals surface area contributed by atoms with Gasteiger partial charge in [0.1, 0.15) is 11.3 Å². The second kappa shape index (κ2) is 8.35. The first kappa shape index (κ1) is 22.8. The van der Waals surface area contributed by atoms with Crippen LogP contribution in [0.2, 0.25) is 0 Å². The number of pyridine rings is 1. The normalized spacial score (nSPS) is 18.6. The standard InChI is InChI=1S/C18H21F3N4O3S.ClH/c19-18(20,21)29(27,28)24-9-6-13(7-10-24)3-2-8-23-12-14-4-1-5-16-22-11-15(17(23)26)25(14)16;/h1,4-5,11,13H,2-3,6-10,12H2;1H. The zero-order valence-corrected chi connectivity index (χ0v) is 17.6. The van der Waals surface area contributed by atoms with Crippen LogP contribution in [-0.4, -0.2) is 58.1 Å². The van der Waals surface area contributed by atoms with Gasteiger partial charge in [0.25, 0.3) is 5.91 Å². The lowest BCUT2D eigenvalue weighted by molar-refractivity contribution is -0.0497. The number of alkyl halides is 3. The average Bonchev–Trinajstić information content (AvgIpc) is 3.11. The summed E-state index contributed by atoms with van der Waals surface area (Å²) < 4.78 is 63.3. The number of imidazole rings is 1. The number of aromatic nitrogens is 2. The van der Waals surface area contributed by atoms with Crippen LogP contribution < -0.4 is 0 Å². The van der Waals surface area contributed by atoms with Crippen LogP contribution in [0.3, 0.4) is 0 Å². The van der Waals surface area contributed by atoms with Crippen LogP contribution in [0.4, 0.5) is 13.2 Å². The molecule has 0 saturated carbocycles. The number of carbonyl (C=O) groups is 1. The Morgan fingerprint density at radius 1 is 1.17 bits per heavy atom. The minimum atomic E-state index is -5.25. The summed E-state index contributed by atoms with van der Waals surface area (Å²) in [5.74, 6) is 0.0748. The van der Waals surface area contributed by atoms with Crippen molar-refractivity contribution in [3.8, 4) is 0 Å². The second-order valence-electron chi connectivity index (χ2n) is 7.52. The van der Waals surface area contributed by atoms with Crippen LogP contribution in [0.5, 0.6) is 0 Å². The highest BCUT2D eigenvalue weighted by molar-refractivity contribution is 7.90. The molecule has 4 rings (SSSR count). The predicted octanol–water partition coefficient (Wildman–Crippen LogP) is 3.05. The Hall–Kier alpha value is -1.85. The van der Waals surface area contributed by atoms with Gasteiger partial charge >= 0.3 is 15.5 Å². The Morgan fingerprint density at radius 2 is 1.87 bits per heavy atom. The molecule has 1 fully saturated rings. The zero-order chi connectivity index (χ0) is 20.8. The fourth-order valence-electron chi connectivity index (χ4n) is 4.15. The van der Waals surface area contributed by atoms with Crippen LogP contribution >= 0.6 is 12.4 Å². The van der Waals surface area contributed by atoms with Gasteiger partial charge in [0.2, 0.25) is 0 Å². The summed E-state index contributed by atoms with van der Waals surface area (Å²) in [6.07, 6.45) is 3.83. The van der Waals surface area contributed by atoms with Crippen molar-refractivity contribution in [2.75, 3.05) is 19.6 Å². The lowest BCUT2D eigenvalue weighted by atomic mass is 9.93. The molecule has 1 saturated heterocycles. The zero-order valence-electron chi connectivity index (χ0n) is 16.0. The Bertz CT molecular complexity index is 1030. The molecule has 1 amide bonds. The first-order valence-electron chi connectivity index (χ1n) is 9.49. The Labute approximate surface area is 178 Å². The van der Waals surface area contributed by atoms with Crippen LogP contribution in [0.1, 0.15) is 41.9 Å². The van der Waals surface area contributed by atoms with Crippen LogP contribution in [0.15, 0.2) is 24.4 Å². The third-order valence-electron chi connectivity index (χ3n) is 5.72. The molecule has 4 heterocycles. The molecule has 166 valence electrons. The number of sulfonamides is 1. The van der Waals surface area contributed by atoms with E-state index in [4.69, 9.17) is 0 Å². The molecule has 30 heavy (non-hydrogen) atoms. The van der Waals surface area contributed by atoms with E-state index in [2.05, 4.69) is 4.98 Å². The molecule has 0 bridgehead atoms. The van der Waals surface area contributed by atoms with E-state index < -0.39 is 15.5 Å². The summed E-state index contributed by atoms with van der Waals surface area (Å²) in [6.45, 7) is 0.802. The highest BCUT2D eigenvalue weighted by Crippen LogP contribution is 2.31. The Kier molecular flexibility index (Phi) is 6.35. The van der Waals surface area contributed by atoms with Crippen molar-refractivity contribution >= 4 is 34.0 Å². The van der Waals surface area contributed by atoms with Gasteiger partial charge in [0.05, 0.1) is 12.7 Å². The number of carbonyl (C=O) groups excluding carboxylic acids is 1. The molecule has 2 aromatic rings. The predicted molar refractivity (Wildman–Crippen MR) is 106 cm³/mol. The third kappa shape index (κ3) is 4.02. The smallest absolute Gasteiger partial charge is 0.331 e. The summed E-state index contributed by atoms with van der Waals surface area (Å²) >= 11 is 0. The fourth-order valence-corrected chi connectivity index (χ4v) is 5.13. The van der Waals surface area contributed by atoms with Crippen LogP contribution in [0, 0.1) is 5.92 Å². The summed E-state index contributed by atoms with van der Waals surface area (Å²) in [6, 6.07) is 5.70. The van der Waals surface area contributed by atoms with E-state index in [1.54, 1.807) is 11.1 Å². The van der Waals surface area contributed by atoms with Gasteiger partial charge < -0.3 is 4.90 Å². The topological polar surface area (TPSA) is 75.0 Å². The Balaban J connectivity index is 0.00000256. The van der Waals surface area contributed by atoms with Gasteiger partial charge in [-0.2, -0.15) is 17.5 Å². The maximum absolute atomic E-state index is 12.7. The largest absolute Gasteiger partial charge is 0.511 e. The van der Waals surface area contributed by atoms with Crippen molar-refractivity contribution in [3.63, 3.8) is 0 Å². The van der Waals surface area contributed by atoms with Gasteiger partial charge in [-0.05, 0) is 43.7 Å². The summed E-state index contributed by atoms with van der Waals surface area (Å²) in [7, 11) is -5.24. The average molecular weight is 467 g/mol. The van der Waals surface area contributed by atoms with Crippen molar-refractivity contribution in [1.29, 1.82) is 0 Å². The highest BCUT2D eigenvalue weighted by Gasteiger charge is 2.50. The first-order valence-corrected chi connectivity index (χ1v) is 10.9. The quantitative estimate of drug-likeness (QED) is 0.678. The van der Waals surface area contributed by atoms with Gasteiger partial charge in [-0.15, -0.1) is 12.4 Å². The number of halogens is 4. The molecular formula is C18H22ClF3N4O3S. The minimum Gasteiger partial charge on any atom is -0.331 e. The van der Waals surface area contributed by atoms with Gasteiger partial charge in [-0.25, -0.2) is 13.4 Å². The van der Waals surface area contributed by atoms with E-state index in [0.717, 1.165) is 17.8 Å². The maximum Gasteiger partial charge on any atom is 0.511 e. The van der Waals surface area contributed by atoms with E-state index in [1.807, 2.05) is 22.6 Å².